The summed E-state index contributed by atoms with van der Waals surface area (Å²) in [6, 6.07) is 13.6. The quantitative estimate of drug-likeness (QED) is 0.846. The summed E-state index contributed by atoms with van der Waals surface area (Å²) in [5.41, 5.74) is 3.08. The molecule has 142 valence electrons. The molecular formula is C21H23ClN2O3. The fraction of sp³-hybridized carbons (Fsp3) is 0.381. The van der Waals surface area contributed by atoms with Gasteiger partial charge in [0.2, 0.25) is 5.91 Å². The second-order valence-electron chi connectivity index (χ2n) is 7.24. The zero-order valence-corrected chi connectivity index (χ0v) is 15.8. The van der Waals surface area contributed by atoms with E-state index in [4.69, 9.17) is 16.3 Å². The Bertz CT molecular complexity index is 842. The molecule has 0 aliphatic carbocycles. The van der Waals surface area contributed by atoms with E-state index in [1.54, 1.807) is 0 Å². The van der Waals surface area contributed by atoms with Gasteiger partial charge in [-0.3, -0.25) is 9.69 Å². The SMILES string of the molecule is O=C1CCc2ccc(O[C@@H]3CCN(Cc4cccc(Cl)c4)C[C@H]3O)cc2N1. The van der Waals surface area contributed by atoms with Gasteiger partial charge in [-0.05, 0) is 42.2 Å². The predicted molar refractivity (Wildman–Crippen MR) is 105 cm³/mol. The van der Waals surface area contributed by atoms with E-state index < -0.39 is 6.10 Å². The summed E-state index contributed by atoms with van der Waals surface area (Å²) in [6.07, 6.45) is 1.20. The molecule has 0 unspecified atom stereocenters. The van der Waals surface area contributed by atoms with E-state index in [-0.39, 0.29) is 12.0 Å². The van der Waals surface area contributed by atoms with Crippen LogP contribution >= 0.6 is 11.6 Å². The fourth-order valence-electron chi connectivity index (χ4n) is 3.75. The molecule has 27 heavy (non-hydrogen) atoms. The number of amides is 1. The number of likely N-dealkylation sites (tertiary alicyclic amines) is 1. The van der Waals surface area contributed by atoms with Gasteiger partial charge >= 0.3 is 0 Å². The van der Waals surface area contributed by atoms with Gasteiger partial charge in [-0.25, -0.2) is 0 Å². The minimum atomic E-state index is -0.566. The molecule has 0 saturated carbocycles. The molecule has 2 atom stereocenters. The number of benzene rings is 2. The molecule has 2 aromatic carbocycles. The van der Waals surface area contributed by atoms with E-state index in [1.165, 1.54) is 0 Å². The number of halogens is 1. The molecule has 2 aliphatic rings. The number of hydrogen-bond acceptors (Lipinski definition) is 4. The summed E-state index contributed by atoms with van der Waals surface area (Å²) in [6.45, 7) is 2.16. The number of ether oxygens (including phenoxy) is 1. The van der Waals surface area contributed by atoms with E-state index in [0.717, 1.165) is 47.8 Å². The molecule has 1 saturated heterocycles. The molecule has 2 heterocycles. The molecule has 0 aromatic heterocycles. The first-order valence-corrected chi connectivity index (χ1v) is 9.69. The first kappa shape index (κ1) is 18.3. The second-order valence-corrected chi connectivity index (χ2v) is 7.68. The Hall–Kier alpha value is -2.08. The number of carbonyl (C=O) groups excluding carboxylic acids is 1. The van der Waals surface area contributed by atoms with Crippen molar-refractivity contribution in [2.45, 2.75) is 38.0 Å². The standard InChI is InChI=1S/C21H23ClN2O3/c22-16-3-1-2-14(10-16)12-24-9-8-20(19(25)13-24)27-17-6-4-15-5-7-21(26)23-18(15)11-17/h1-4,6,10-11,19-20,25H,5,7-9,12-13H2,(H,23,26)/t19-,20-/m1/s1. The topological polar surface area (TPSA) is 61.8 Å². The van der Waals surface area contributed by atoms with E-state index >= 15 is 0 Å². The number of aryl methyl sites for hydroxylation is 1. The summed E-state index contributed by atoms with van der Waals surface area (Å²) >= 11 is 6.05. The van der Waals surface area contributed by atoms with Crippen LogP contribution < -0.4 is 10.1 Å². The van der Waals surface area contributed by atoms with Crippen LogP contribution in [0.25, 0.3) is 0 Å². The first-order chi connectivity index (χ1) is 13.1. The maximum atomic E-state index is 11.6. The Morgan fingerprint density at radius 2 is 2.11 bits per heavy atom. The number of hydrogen-bond donors (Lipinski definition) is 2. The molecule has 2 aromatic rings. The van der Waals surface area contributed by atoms with Crippen LogP contribution in [-0.4, -0.2) is 41.2 Å². The molecule has 1 fully saturated rings. The fourth-order valence-corrected chi connectivity index (χ4v) is 3.96. The van der Waals surface area contributed by atoms with Crippen molar-refractivity contribution in [3.05, 3.63) is 58.6 Å². The van der Waals surface area contributed by atoms with Crippen molar-refractivity contribution >= 4 is 23.2 Å². The number of fused-ring (bicyclic) bond motifs is 1. The van der Waals surface area contributed by atoms with Gasteiger partial charge in [0.05, 0.1) is 0 Å². The molecule has 0 spiro atoms. The van der Waals surface area contributed by atoms with E-state index in [9.17, 15) is 9.90 Å². The van der Waals surface area contributed by atoms with Gasteiger partial charge in [0.1, 0.15) is 18.0 Å². The molecule has 5 nitrogen and oxygen atoms in total. The lowest BCUT2D eigenvalue weighted by atomic mass is 10.0. The Morgan fingerprint density at radius 1 is 1.22 bits per heavy atom. The van der Waals surface area contributed by atoms with Crippen molar-refractivity contribution in [3.8, 4) is 5.75 Å². The molecule has 0 radical (unpaired) electrons. The molecule has 6 heteroatoms. The van der Waals surface area contributed by atoms with Crippen LogP contribution in [-0.2, 0) is 17.8 Å². The largest absolute Gasteiger partial charge is 0.488 e. The number of aliphatic hydroxyl groups excluding tert-OH is 1. The molecular weight excluding hydrogens is 364 g/mol. The lowest BCUT2D eigenvalue weighted by Gasteiger charge is -2.36. The highest BCUT2D eigenvalue weighted by Crippen LogP contribution is 2.29. The summed E-state index contributed by atoms with van der Waals surface area (Å²) in [4.78, 5) is 13.8. The van der Waals surface area contributed by atoms with E-state index in [1.807, 2.05) is 42.5 Å². The number of β-amino-alcohol motifs (C(OH)–C–C–N with tert-alkyl or cyclic N) is 1. The lowest BCUT2D eigenvalue weighted by molar-refractivity contribution is -0.116. The highest BCUT2D eigenvalue weighted by molar-refractivity contribution is 6.30. The number of aliphatic hydroxyl groups is 1. The van der Waals surface area contributed by atoms with Crippen LogP contribution in [0.3, 0.4) is 0 Å². The zero-order chi connectivity index (χ0) is 18.8. The van der Waals surface area contributed by atoms with Crippen molar-refractivity contribution in [2.24, 2.45) is 0 Å². The number of nitrogens with zero attached hydrogens (tertiary/aromatic N) is 1. The zero-order valence-electron chi connectivity index (χ0n) is 15.0. The normalized spacial score (nSPS) is 22.8. The number of nitrogens with one attached hydrogen (secondary N) is 1. The summed E-state index contributed by atoms with van der Waals surface area (Å²) < 4.78 is 6.04. The third kappa shape index (κ3) is 4.43. The van der Waals surface area contributed by atoms with Crippen molar-refractivity contribution in [2.75, 3.05) is 18.4 Å². The van der Waals surface area contributed by atoms with Crippen molar-refractivity contribution in [1.82, 2.24) is 4.90 Å². The molecule has 0 bridgehead atoms. The number of carbonyl (C=O) groups is 1. The van der Waals surface area contributed by atoms with Gasteiger partial charge in [-0.2, -0.15) is 0 Å². The Labute approximate surface area is 163 Å². The van der Waals surface area contributed by atoms with Crippen LogP contribution in [0.2, 0.25) is 5.02 Å². The van der Waals surface area contributed by atoms with Crippen molar-refractivity contribution < 1.29 is 14.6 Å². The van der Waals surface area contributed by atoms with Gasteiger partial charge in [-0.1, -0.05) is 29.8 Å². The van der Waals surface area contributed by atoms with Crippen LogP contribution in [0.4, 0.5) is 5.69 Å². The van der Waals surface area contributed by atoms with Crippen LogP contribution in [0, 0.1) is 0 Å². The third-order valence-corrected chi connectivity index (χ3v) is 5.40. The summed E-state index contributed by atoms with van der Waals surface area (Å²) in [7, 11) is 0. The van der Waals surface area contributed by atoms with Gasteiger partial charge in [0.15, 0.2) is 0 Å². The lowest BCUT2D eigenvalue weighted by Crippen LogP contribution is -2.48. The van der Waals surface area contributed by atoms with E-state index in [0.29, 0.717) is 18.7 Å². The predicted octanol–water partition coefficient (Wildman–Crippen LogP) is 3.24. The number of rotatable bonds is 4. The highest BCUT2D eigenvalue weighted by Gasteiger charge is 2.29. The van der Waals surface area contributed by atoms with E-state index in [2.05, 4.69) is 10.2 Å². The van der Waals surface area contributed by atoms with Crippen molar-refractivity contribution in [3.63, 3.8) is 0 Å². The molecule has 2 N–H and O–H groups in total. The average molecular weight is 387 g/mol. The average Bonchev–Trinajstić information content (AvgIpc) is 2.64. The van der Waals surface area contributed by atoms with Crippen LogP contribution in [0.15, 0.2) is 42.5 Å². The minimum Gasteiger partial charge on any atom is -0.488 e. The van der Waals surface area contributed by atoms with Gasteiger partial charge < -0.3 is 15.2 Å². The maximum absolute atomic E-state index is 11.6. The monoisotopic (exact) mass is 386 g/mol. The maximum Gasteiger partial charge on any atom is 0.224 e. The summed E-state index contributed by atoms with van der Waals surface area (Å²) in [5, 5.41) is 14.2. The highest BCUT2D eigenvalue weighted by atomic mass is 35.5. The minimum absolute atomic E-state index is 0.0361. The van der Waals surface area contributed by atoms with Gasteiger partial charge in [0.25, 0.3) is 0 Å². The third-order valence-electron chi connectivity index (χ3n) is 5.16. The van der Waals surface area contributed by atoms with Crippen LogP contribution in [0.5, 0.6) is 5.75 Å². The Morgan fingerprint density at radius 3 is 2.93 bits per heavy atom. The van der Waals surface area contributed by atoms with Crippen LogP contribution in [0.1, 0.15) is 24.0 Å². The number of piperidine rings is 1. The molecule has 2 aliphatic heterocycles. The van der Waals surface area contributed by atoms with Crippen molar-refractivity contribution in [1.29, 1.82) is 0 Å². The summed E-state index contributed by atoms with van der Waals surface area (Å²) in [5.74, 6) is 0.720. The first-order valence-electron chi connectivity index (χ1n) is 9.31. The van der Waals surface area contributed by atoms with Gasteiger partial charge in [0, 0.05) is 42.8 Å². The number of anilines is 1. The second kappa shape index (κ2) is 7.89. The van der Waals surface area contributed by atoms with Gasteiger partial charge in [-0.15, -0.1) is 0 Å². The Kier molecular flexibility index (Phi) is 5.34. The smallest absolute Gasteiger partial charge is 0.224 e. The molecule has 1 amide bonds. The molecule has 4 rings (SSSR count). The Balaban J connectivity index is 1.36.